The summed E-state index contributed by atoms with van der Waals surface area (Å²) < 4.78 is 26.7. The van der Waals surface area contributed by atoms with Gasteiger partial charge in [0.05, 0.1) is 15.5 Å². The predicted octanol–water partition coefficient (Wildman–Crippen LogP) is 3.61. The highest BCUT2D eigenvalue weighted by atomic mass is 35.5. The van der Waals surface area contributed by atoms with E-state index in [2.05, 4.69) is 24.1 Å². The molecule has 0 unspecified atom stereocenters. The molecule has 0 bridgehead atoms. The molecular weight excluding hydrogens is 398 g/mol. The van der Waals surface area contributed by atoms with Gasteiger partial charge in [0.15, 0.2) is 0 Å². The van der Waals surface area contributed by atoms with Crippen molar-refractivity contribution in [2.24, 2.45) is 0 Å². The van der Waals surface area contributed by atoms with Crippen molar-refractivity contribution >= 4 is 27.5 Å². The van der Waals surface area contributed by atoms with Crippen LogP contribution in [0, 0.1) is 0 Å². The lowest BCUT2D eigenvalue weighted by molar-refractivity contribution is 0.0937. The molecule has 1 N–H and O–H groups in total. The Bertz CT molecular complexity index is 749. The van der Waals surface area contributed by atoms with E-state index in [-0.39, 0.29) is 33.5 Å². The van der Waals surface area contributed by atoms with E-state index < -0.39 is 10.0 Å². The number of nitrogens with zero attached hydrogens (tertiary/aromatic N) is 2. The normalized spacial score (nSPS) is 13.4. The van der Waals surface area contributed by atoms with Crippen molar-refractivity contribution in [3.8, 4) is 0 Å². The Kier molecular flexibility index (Phi) is 9.90. The van der Waals surface area contributed by atoms with Gasteiger partial charge in [-0.15, -0.1) is 0 Å². The lowest BCUT2D eigenvalue weighted by Crippen LogP contribution is -2.35. The molecule has 1 rings (SSSR count). The number of sulfonamides is 1. The molecule has 0 aliphatic carbocycles. The molecule has 1 aromatic carbocycles. The van der Waals surface area contributed by atoms with Crippen LogP contribution in [-0.2, 0) is 10.0 Å². The topological polar surface area (TPSA) is 69.7 Å². The van der Waals surface area contributed by atoms with Crippen molar-refractivity contribution < 1.29 is 13.2 Å². The Morgan fingerprint density at radius 3 is 2.32 bits per heavy atom. The highest BCUT2D eigenvalue weighted by Gasteiger charge is 2.25. The van der Waals surface area contributed by atoms with Crippen LogP contribution in [0.2, 0.25) is 5.02 Å². The second-order valence-corrected chi connectivity index (χ2v) is 9.70. The zero-order valence-electron chi connectivity index (χ0n) is 17.8. The van der Waals surface area contributed by atoms with Gasteiger partial charge in [0, 0.05) is 19.1 Å². The monoisotopic (exact) mass is 431 g/mol. The predicted molar refractivity (Wildman–Crippen MR) is 115 cm³/mol. The van der Waals surface area contributed by atoms with Gasteiger partial charge in [-0.1, -0.05) is 25.4 Å². The van der Waals surface area contributed by atoms with Crippen LogP contribution in [0.4, 0.5) is 0 Å². The third-order valence-corrected chi connectivity index (χ3v) is 7.33. The summed E-state index contributed by atoms with van der Waals surface area (Å²) >= 11 is 6.17. The molecule has 0 spiro atoms. The Labute approximate surface area is 175 Å². The molecule has 1 aromatic rings. The van der Waals surface area contributed by atoms with Crippen molar-refractivity contribution in [2.75, 3.05) is 26.7 Å². The highest BCUT2D eigenvalue weighted by Crippen LogP contribution is 2.23. The van der Waals surface area contributed by atoms with E-state index in [0.29, 0.717) is 0 Å². The number of rotatable bonds is 11. The smallest absolute Gasteiger partial charge is 0.253 e. The zero-order chi connectivity index (χ0) is 21.5. The zero-order valence-corrected chi connectivity index (χ0v) is 19.4. The van der Waals surface area contributed by atoms with Crippen LogP contribution in [0.1, 0.15) is 57.8 Å². The summed E-state index contributed by atoms with van der Waals surface area (Å²) in [7, 11) is -2.16. The molecule has 0 aliphatic rings. The van der Waals surface area contributed by atoms with Crippen LogP contribution >= 0.6 is 11.6 Å². The molecule has 0 saturated heterocycles. The number of amides is 1. The molecule has 0 aliphatic heterocycles. The first-order valence-electron chi connectivity index (χ1n) is 9.85. The number of hydrogen-bond acceptors (Lipinski definition) is 4. The van der Waals surface area contributed by atoms with Gasteiger partial charge in [-0.2, -0.15) is 4.31 Å². The van der Waals surface area contributed by atoms with Gasteiger partial charge in [-0.3, -0.25) is 4.79 Å². The Morgan fingerprint density at radius 1 is 1.18 bits per heavy atom. The molecule has 0 saturated carbocycles. The van der Waals surface area contributed by atoms with E-state index in [9.17, 15) is 13.2 Å². The number of halogens is 1. The van der Waals surface area contributed by atoms with E-state index in [0.717, 1.165) is 32.5 Å². The number of carbonyl (C=O) groups excluding carboxylic acids is 1. The van der Waals surface area contributed by atoms with Crippen molar-refractivity contribution in [1.29, 1.82) is 0 Å². The molecule has 1 atom stereocenters. The molecular formula is C20H34ClN3O3S. The Morgan fingerprint density at radius 2 is 1.79 bits per heavy atom. The van der Waals surface area contributed by atoms with Gasteiger partial charge in [0.25, 0.3) is 5.91 Å². The van der Waals surface area contributed by atoms with Gasteiger partial charge >= 0.3 is 0 Å². The SMILES string of the molecule is CCN(CC)CCC[C@H](C)NC(=O)c1cc(S(=O)(=O)N(C)C(C)C)ccc1Cl. The van der Waals surface area contributed by atoms with Crippen molar-refractivity contribution in [3.63, 3.8) is 0 Å². The minimum Gasteiger partial charge on any atom is -0.350 e. The van der Waals surface area contributed by atoms with E-state index in [1.807, 2.05) is 6.92 Å². The highest BCUT2D eigenvalue weighted by molar-refractivity contribution is 7.89. The summed E-state index contributed by atoms with van der Waals surface area (Å²) in [5.74, 6) is -0.357. The largest absolute Gasteiger partial charge is 0.350 e. The molecule has 6 nitrogen and oxygen atoms in total. The molecule has 1 amide bonds. The maximum atomic E-state index is 12.7. The lowest BCUT2D eigenvalue weighted by atomic mass is 10.1. The number of carbonyl (C=O) groups is 1. The summed E-state index contributed by atoms with van der Waals surface area (Å²) in [6.07, 6.45) is 1.82. The summed E-state index contributed by atoms with van der Waals surface area (Å²) in [6.45, 7) is 12.8. The van der Waals surface area contributed by atoms with Gasteiger partial charge in [-0.25, -0.2) is 8.42 Å². The number of benzene rings is 1. The second kappa shape index (κ2) is 11.1. The lowest BCUT2D eigenvalue weighted by Gasteiger charge is -2.22. The van der Waals surface area contributed by atoms with Crippen LogP contribution in [0.3, 0.4) is 0 Å². The van der Waals surface area contributed by atoms with Crippen LogP contribution in [0.5, 0.6) is 0 Å². The molecule has 8 heteroatoms. The van der Waals surface area contributed by atoms with Crippen molar-refractivity contribution in [2.45, 2.75) is 64.4 Å². The fourth-order valence-electron chi connectivity index (χ4n) is 2.82. The Balaban J connectivity index is 2.86. The summed E-state index contributed by atoms with van der Waals surface area (Å²) in [6, 6.07) is 4.03. The summed E-state index contributed by atoms with van der Waals surface area (Å²) in [5.41, 5.74) is 0.176. The van der Waals surface area contributed by atoms with Gasteiger partial charge in [0.2, 0.25) is 10.0 Å². The van der Waals surface area contributed by atoms with Crippen LogP contribution in [-0.4, -0.2) is 62.3 Å². The molecule has 160 valence electrons. The van der Waals surface area contributed by atoms with E-state index in [4.69, 9.17) is 11.6 Å². The van der Waals surface area contributed by atoms with E-state index >= 15 is 0 Å². The fraction of sp³-hybridized carbons (Fsp3) is 0.650. The third-order valence-electron chi connectivity index (χ3n) is 4.97. The minimum atomic E-state index is -3.68. The van der Waals surface area contributed by atoms with Gasteiger partial charge in [0.1, 0.15) is 0 Å². The Hall–Kier alpha value is -1.15. The third kappa shape index (κ3) is 6.72. The van der Waals surface area contributed by atoms with Crippen LogP contribution < -0.4 is 5.32 Å². The first-order valence-corrected chi connectivity index (χ1v) is 11.7. The minimum absolute atomic E-state index is 0.0299. The van der Waals surface area contributed by atoms with Crippen molar-refractivity contribution in [1.82, 2.24) is 14.5 Å². The van der Waals surface area contributed by atoms with E-state index in [1.54, 1.807) is 13.8 Å². The maximum absolute atomic E-state index is 12.7. The van der Waals surface area contributed by atoms with Crippen molar-refractivity contribution in [3.05, 3.63) is 28.8 Å². The first kappa shape index (κ1) is 24.9. The maximum Gasteiger partial charge on any atom is 0.253 e. The van der Waals surface area contributed by atoms with Gasteiger partial charge < -0.3 is 10.2 Å². The number of nitrogens with one attached hydrogen (secondary N) is 1. The second-order valence-electron chi connectivity index (χ2n) is 7.30. The summed E-state index contributed by atoms with van der Waals surface area (Å²) in [5, 5.41) is 3.16. The average molecular weight is 432 g/mol. The molecule has 0 fully saturated rings. The molecule has 0 aromatic heterocycles. The first-order chi connectivity index (χ1) is 13.0. The molecule has 28 heavy (non-hydrogen) atoms. The van der Waals surface area contributed by atoms with Crippen LogP contribution in [0.15, 0.2) is 23.1 Å². The van der Waals surface area contributed by atoms with E-state index in [1.165, 1.54) is 29.6 Å². The quantitative estimate of drug-likeness (QED) is 0.581. The molecule has 0 radical (unpaired) electrons. The number of hydrogen-bond donors (Lipinski definition) is 1. The fourth-order valence-corrected chi connectivity index (χ4v) is 4.42. The molecule has 0 heterocycles. The summed E-state index contributed by atoms with van der Waals surface area (Å²) in [4.78, 5) is 15.1. The van der Waals surface area contributed by atoms with Crippen LogP contribution in [0.25, 0.3) is 0 Å². The van der Waals surface area contributed by atoms with Gasteiger partial charge in [-0.05, 0) is 71.4 Å². The standard InChI is InChI=1S/C20H34ClN3O3S/c1-7-24(8-2)13-9-10-16(5)22-20(25)18-14-17(11-12-19(18)21)28(26,27)23(6)15(3)4/h11-12,14-16H,7-10,13H2,1-6H3,(H,22,25)/t16-/m0/s1. The average Bonchev–Trinajstić information content (AvgIpc) is 2.64.